The van der Waals surface area contributed by atoms with E-state index >= 15 is 0 Å². The number of aryl methyl sites for hydroxylation is 2. The predicted octanol–water partition coefficient (Wildman–Crippen LogP) is 5.27. The number of hydrogen-bond acceptors (Lipinski definition) is 9. The van der Waals surface area contributed by atoms with E-state index in [1.165, 1.54) is 11.3 Å². The third kappa shape index (κ3) is 3.73. The van der Waals surface area contributed by atoms with E-state index in [-0.39, 0.29) is 5.91 Å². The van der Waals surface area contributed by atoms with E-state index in [1.54, 1.807) is 23.7 Å². The molecule has 8 nitrogen and oxygen atoms in total. The third-order valence-corrected chi connectivity index (χ3v) is 8.10. The number of fused-ring (bicyclic) bond motifs is 2. The number of ether oxygens (including phenoxy) is 1. The Labute approximate surface area is 203 Å². The average molecular weight is 492 g/mol. The van der Waals surface area contributed by atoms with Crippen molar-refractivity contribution >= 4 is 59.8 Å². The lowest BCUT2D eigenvalue weighted by molar-refractivity contribution is 0.103. The number of morpholine rings is 1. The highest BCUT2D eigenvalue weighted by Gasteiger charge is 2.21. The fourth-order valence-corrected chi connectivity index (χ4v) is 6.32. The minimum atomic E-state index is -0.156. The maximum Gasteiger partial charge on any atom is 0.266 e. The second-order valence-electron chi connectivity index (χ2n) is 8.08. The first kappa shape index (κ1) is 21.2. The van der Waals surface area contributed by atoms with Crippen molar-refractivity contribution in [2.45, 2.75) is 13.8 Å². The van der Waals surface area contributed by atoms with E-state index in [2.05, 4.69) is 20.2 Å². The van der Waals surface area contributed by atoms with Gasteiger partial charge in [-0.05, 0) is 49.7 Å². The molecule has 1 aromatic carbocycles. The number of carbonyl (C=O) groups is 1. The minimum Gasteiger partial charge on any atom is -0.461 e. The summed E-state index contributed by atoms with van der Waals surface area (Å²) in [5.41, 5.74) is 3.38. The van der Waals surface area contributed by atoms with Crippen LogP contribution in [0.2, 0.25) is 0 Å². The Hall–Kier alpha value is -3.34. The lowest BCUT2D eigenvalue weighted by Crippen LogP contribution is -2.36. The summed E-state index contributed by atoms with van der Waals surface area (Å²) in [4.78, 5) is 30.9. The van der Waals surface area contributed by atoms with Gasteiger partial charge < -0.3 is 19.4 Å². The minimum absolute atomic E-state index is 0.156. The predicted molar refractivity (Wildman–Crippen MR) is 135 cm³/mol. The molecule has 0 aliphatic carbocycles. The Bertz CT molecular complexity index is 1520. The maximum atomic E-state index is 13.2. The van der Waals surface area contributed by atoms with Gasteiger partial charge in [-0.1, -0.05) is 11.3 Å². The molecule has 1 N–H and O–H groups in total. The van der Waals surface area contributed by atoms with E-state index in [9.17, 15) is 4.79 Å². The summed E-state index contributed by atoms with van der Waals surface area (Å²) < 4.78 is 11.9. The summed E-state index contributed by atoms with van der Waals surface area (Å²) in [6.45, 7) is 7.01. The highest BCUT2D eigenvalue weighted by molar-refractivity contribution is 7.22. The summed E-state index contributed by atoms with van der Waals surface area (Å²) in [7, 11) is 0. The average Bonchev–Trinajstić information content (AvgIpc) is 3.58. The highest BCUT2D eigenvalue weighted by atomic mass is 32.1. The van der Waals surface area contributed by atoms with Crippen LogP contribution in [0.1, 0.15) is 20.9 Å². The van der Waals surface area contributed by atoms with Crippen LogP contribution in [0.4, 0.5) is 10.8 Å². The molecule has 1 aliphatic rings. The van der Waals surface area contributed by atoms with E-state index in [1.807, 2.05) is 38.1 Å². The van der Waals surface area contributed by atoms with Gasteiger partial charge in [-0.2, -0.15) is 0 Å². The molecular weight excluding hydrogens is 470 g/mol. The standard InChI is InChI=1S/C24H21N5O3S2/c1-13-19-14(2)25-21(17-4-3-9-32-17)28-23(19)34-20(13)22(30)26-15-5-6-16-18(12-15)33-24(27-16)29-7-10-31-11-8-29/h3-6,9,12H,7-8,10-11H2,1-2H3,(H,26,30). The molecule has 1 amide bonds. The van der Waals surface area contributed by atoms with Crippen molar-refractivity contribution in [2.24, 2.45) is 0 Å². The number of carbonyl (C=O) groups excluding carboxylic acids is 1. The van der Waals surface area contributed by atoms with Crippen LogP contribution >= 0.6 is 22.7 Å². The Morgan fingerprint density at radius 2 is 1.94 bits per heavy atom. The Morgan fingerprint density at radius 1 is 1.09 bits per heavy atom. The van der Waals surface area contributed by atoms with Crippen LogP contribution in [0.5, 0.6) is 0 Å². The van der Waals surface area contributed by atoms with Crippen LogP contribution in [0.3, 0.4) is 0 Å². The second-order valence-corrected chi connectivity index (χ2v) is 10.1. The number of aromatic nitrogens is 3. The maximum absolute atomic E-state index is 13.2. The molecule has 6 rings (SSSR count). The molecular formula is C24H21N5O3S2. The lowest BCUT2D eigenvalue weighted by Gasteiger charge is -2.25. The quantitative estimate of drug-likeness (QED) is 0.366. The van der Waals surface area contributed by atoms with E-state index in [0.29, 0.717) is 16.5 Å². The van der Waals surface area contributed by atoms with Gasteiger partial charge in [0.05, 0.1) is 40.3 Å². The van der Waals surface area contributed by atoms with Crippen LogP contribution in [0.15, 0.2) is 41.0 Å². The Kier molecular flexibility index (Phi) is 5.28. The summed E-state index contributed by atoms with van der Waals surface area (Å²) >= 11 is 3.00. The molecule has 0 radical (unpaired) electrons. The molecule has 1 fully saturated rings. The summed E-state index contributed by atoms with van der Waals surface area (Å²) in [6, 6.07) is 9.47. The number of furan rings is 1. The molecule has 0 spiro atoms. The fourth-order valence-electron chi connectivity index (χ4n) is 4.14. The summed E-state index contributed by atoms with van der Waals surface area (Å²) in [5.74, 6) is 0.975. The molecule has 1 saturated heterocycles. The van der Waals surface area contributed by atoms with Gasteiger partial charge in [0.2, 0.25) is 0 Å². The van der Waals surface area contributed by atoms with Crippen molar-refractivity contribution in [1.82, 2.24) is 15.0 Å². The molecule has 0 saturated carbocycles. The van der Waals surface area contributed by atoms with Gasteiger partial charge in [-0.3, -0.25) is 4.79 Å². The molecule has 4 aromatic heterocycles. The number of nitrogens with one attached hydrogen (secondary N) is 1. The number of thiazole rings is 1. The van der Waals surface area contributed by atoms with Gasteiger partial charge >= 0.3 is 0 Å². The van der Waals surface area contributed by atoms with Crippen molar-refractivity contribution in [3.8, 4) is 11.6 Å². The van der Waals surface area contributed by atoms with Crippen molar-refractivity contribution in [1.29, 1.82) is 0 Å². The number of anilines is 2. The molecule has 172 valence electrons. The summed E-state index contributed by atoms with van der Waals surface area (Å²) in [6.07, 6.45) is 1.60. The molecule has 5 aromatic rings. The second kappa shape index (κ2) is 8.46. The van der Waals surface area contributed by atoms with E-state index < -0.39 is 0 Å². The fraction of sp³-hybridized carbons (Fsp3) is 0.250. The van der Waals surface area contributed by atoms with Gasteiger partial charge in [0.1, 0.15) is 4.83 Å². The normalized spacial score (nSPS) is 14.2. The third-order valence-electron chi connectivity index (χ3n) is 5.84. The van der Waals surface area contributed by atoms with Gasteiger partial charge in [-0.25, -0.2) is 15.0 Å². The molecule has 34 heavy (non-hydrogen) atoms. The van der Waals surface area contributed by atoms with Gasteiger partial charge in [0, 0.05) is 24.2 Å². The number of nitrogens with zero attached hydrogens (tertiary/aromatic N) is 4. The molecule has 0 bridgehead atoms. The zero-order valence-electron chi connectivity index (χ0n) is 18.6. The van der Waals surface area contributed by atoms with E-state index in [0.717, 1.165) is 68.8 Å². The molecule has 1 aliphatic heterocycles. The van der Waals surface area contributed by atoms with Crippen molar-refractivity contribution in [3.05, 3.63) is 52.7 Å². The number of benzene rings is 1. The van der Waals surface area contributed by atoms with Crippen molar-refractivity contribution in [3.63, 3.8) is 0 Å². The number of thiophene rings is 1. The summed E-state index contributed by atoms with van der Waals surface area (Å²) in [5, 5.41) is 4.96. The van der Waals surface area contributed by atoms with Crippen molar-refractivity contribution in [2.75, 3.05) is 36.5 Å². The van der Waals surface area contributed by atoms with Crippen molar-refractivity contribution < 1.29 is 13.9 Å². The molecule has 0 unspecified atom stereocenters. The Morgan fingerprint density at radius 3 is 2.74 bits per heavy atom. The first-order chi connectivity index (χ1) is 16.6. The van der Waals surface area contributed by atoms with Crippen LogP contribution < -0.4 is 10.2 Å². The largest absolute Gasteiger partial charge is 0.461 e. The van der Waals surface area contributed by atoms with Gasteiger partial charge in [0.25, 0.3) is 5.91 Å². The Balaban J connectivity index is 1.29. The number of amides is 1. The molecule has 10 heteroatoms. The van der Waals surface area contributed by atoms with Crippen LogP contribution in [-0.4, -0.2) is 47.2 Å². The number of rotatable bonds is 4. The smallest absolute Gasteiger partial charge is 0.266 e. The molecule has 0 atom stereocenters. The zero-order chi connectivity index (χ0) is 23.2. The first-order valence-electron chi connectivity index (χ1n) is 10.9. The van der Waals surface area contributed by atoms with Crippen LogP contribution in [0.25, 0.3) is 32.0 Å². The zero-order valence-corrected chi connectivity index (χ0v) is 20.3. The monoisotopic (exact) mass is 491 g/mol. The highest BCUT2D eigenvalue weighted by Crippen LogP contribution is 2.35. The first-order valence-corrected chi connectivity index (χ1v) is 12.6. The van der Waals surface area contributed by atoms with Gasteiger partial charge in [-0.15, -0.1) is 11.3 Å². The SMILES string of the molecule is Cc1nc(-c2ccco2)nc2sc(C(=O)Nc3ccc4nc(N5CCOCC5)sc4c3)c(C)c12. The van der Waals surface area contributed by atoms with Crippen LogP contribution in [0, 0.1) is 13.8 Å². The topological polar surface area (TPSA) is 93.4 Å². The number of hydrogen-bond donors (Lipinski definition) is 1. The van der Waals surface area contributed by atoms with Crippen LogP contribution in [-0.2, 0) is 4.74 Å². The lowest BCUT2D eigenvalue weighted by atomic mass is 10.1. The van der Waals surface area contributed by atoms with E-state index in [4.69, 9.17) is 14.1 Å². The van der Waals surface area contributed by atoms with Gasteiger partial charge in [0.15, 0.2) is 16.7 Å². The molecule has 5 heterocycles.